The number of hydrogen-bond donors (Lipinski definition) is 1. The van der Waals surface area contributed by atoms with Crippen molar-refractivity contribution in [2.45, 2.75) is 58.4 Å². The molecule has 0 radical (unpaired) electrons. The van der Waals surface area contributed by atoms with E-state index in [1.807, 2.05) is 42.5 Å². The van der Waals surface area contributed by atoms with E-state index in [1.54, 1.807) is 6.20 Å². The molecule has 3 rings (SSSR count). The lowest BCUT2D eigenvalue weighted by Gasteiger charge is -2.27. The van der Waals surface area contributed by atoms with Crippen LogP contribution in [0.15, 0.2) is 48.7 Å². The molecule has 1 saturated carbocycles. The van der Waals surface area contributed by atoms with Gasteiger partial charge in [-0.15, -0.1) is 0 Å². The number of carbonyl (C=O) groups is 1. The summed E-state index contributed by atoms with van der Waals surface area (Å²) in [6.45, 7) is 2.78. The number of nitrogens with one attached hydrogen (secondary N) is 1. The zero-order chi connectivity index (χ0) is 18.9. The second kappa shape index (κ2) is 10.1. The van der Waals surface area contributed by atoms with Gasteiger partial charge in [-0.3, -0.25) is 4.79 Å². The first-order chi connectivity index (χ1) is 13.2. The molecule has 1 aromatic heterocycles. The summed E-state index contributed by atoms with van der Waals surface area (Å²) >= 11 is 0. The fourth-order valence-corrected chi connectivity index (χ4v) is 3.79. The highest BCUT2D eigenvalue weighted by molar-refractivity contribution is 5.78. The number of carbonyl (C=O) groups excluding carboxylic acids is 1. The maximum absolute atomic E-state index is 12.5. The van der Waals surface area contributed by atoms with Gasteiger partial charge in [-0.2, -0.15) is 0 Å². The van der Waals surface area contributed by atoms with Crippen LogP contribution in [0.25, 0.3) is 0 Å². The van der Waals surface area contributed by atoms with E-state index >= 15 is 0 Å². The highest BCUT2D eigenvalue weighted by Crippen LogP contribution is 2.32. The molecular weight excluding hydrogens is 336 g/mol. The molecule has 2 aromatic rings. The number of benzene rings is 1. The Hall–Kier alpha value is -2.36. The van der Waals surface area contributed by atoms with Crippen molar-refractivity contribution in [3.8, 4) is 11.6 Å². The van der Waals surface area contributed by atoms with Crippen molar-refractivity contribution in [1.29, 1.82) is 0 Å². The first kappa shape index (κ1) is 19.4. The quantitative estimate of drug-likeness (QED) is 0.672. The number of nitrogens with zero attached hydrogens (tertiary/aromatic N) is 1. The number of pyridine rings is 1. The van der Waals surface area contributed by atoms with E-state index < -0.39 is 0 Å². The van der Waals surface area contributed by atoms with Crippen molar-refractivity contribution in [2.24, 2.45) is 11.8 Å². The maximum Gasteiger partial charge on any atom is 0.223 e. The van der Waals surface area contributed by atoms with Crippen LogP contribution in [0.1, 0.15) is 57.4 Å². The second-order valence-corrected chi connectivity index (χ2v) is 7.50. The molecule has 1 amide bonds. The van der Waals surface area contributed by atoms with Gasteiger partial charge in [-0.25, -0.2) is 4.98 Å². The third kappa shape index (κ3) is 6.09. The van der Waals surface area contributed by atoms with Crippen LogP contribution >= 0.6 is 0 Å². The normalized spacial score (nSPS) is 19.4. The fourth-order valence-electron chi connectivity index (χ4n) is 3.79. The summed E-state index contributed by atoms with van der Waals surface area (Å²) in [4.78, 5) is 16.7. The molecule has 0 bridgehead atoms. The van der Waals surface area contributed by atoms with E-state index in [9.17, 15) is 4.79 Å². The smallest absolute Gasteiger partial charge is 0.223 e. The van der Waals surface area contributed by atoms with Gasteiger partial charge in [-0.05, 0) is 55.4 Å². The van der Waals surface area contributed by atoms with Gasteiger partial charge in [0.1, 0.15) is 5.75 Å². The van der Waals surface area contributed by atoms with Crippen LogP contribution in [0, 0.1) is 11.8 Å². The van der Waals surface area contributed by atoms with Crippen molar-refractivity contribution in [3.05, 3.63) is 54.2 Å². The summed E-state index contributed by atoms with van der Waals surface area (Å²) in [7, 11) is 0. The standard InChI is InChI=1S/C23H30N2O2/c1-2-3-7-18-11-13-20(14-12-18)23(26)25-17-19-8-6-9-21(16-19)27-22-10-4-5-15-24-22/h4-6,8-10,15-16,18,20H,2-3,7,11-14,17H2,1H3,(H,25,26). The van der Waals surface area contributed by atoms with Crippen molar-refractivity contribution < 1.29 is 9.53 Å². The van der Waals surface area contributed by atoms with Crippen molar-refractivity contribution in [2.75, 3.05) is 0 Å². The first-order valence-corrected chi connectivity index (χ1v) is 10.2. The minimum absolute atomic E-state index is 0.177. The van der Waals surface area contributed by atoms with Crippen LogP contribution in [-0.2, 0) is 11.3 Å². The van der Waals surface area contributed by atoms with Gasteiger partial charge in [0.2, 0.25) is 11.8 Å². The Morgan fingerprint density at radius 2 is 2.00 bits per heavy atom. The van der Waals surface area contributed by atoms with E-state index in [4.69, 9.17) is 4.74 Å². The van der Waals surface area contributed by atoms with Crippen LogP contribution in [0.5, 0.6) is 11.6 Å². The van der Waals surface area contributed by atoms with Crippen LogP contribution in [0.3, 0.4) is 0 Å². The molecule has 1 heterocycles. The van der Waals surface area contributed by atoms with E-state index in [2.05, 4.69) is 17.2 Å². The number of aromatic nitrogens is 1. The van der Waals surface area contributed by atoms with Gasteiger partial charge >= 0.3 is 0 Å². The molecule has 0 unspecified atom stereocenters. The molecule has 1 fully saturated rings. The minimum atomic E-state index is 0.177. The van der Waals surface area contributed by atoms with E-state index in [0.29, 0.717) is 12.4 Å². The number of hydrogen-bond acceptors (Lipinski definition) is 3. The number of amides is 1. The van der Waals surface area contributed by atoms with Crippen molar-refractivity contribution in [3.63, 3.8) is 0 Å². The monoisotopic (exact) mass is 366 g/mol. The van der Waals surface area contributed by atoms with Crippen molar-refractivity contribution in [1.82, 2.24) is 10.3 Å². The molecule has 27 heavy (non-hydrogen) atoms. The highest BCUT2D eigenvalue weighted by atomic mass is 16.5. The number of unbranched alkanes of at least 4 members (excludes halogenated alkanes) is 1. The lowest BCUT2D eigenvalue weighted by Crippen LogP contribution is -2.32. The SMILES string of the molecule is CCCCC1CCC(C(=O)NCc2cccc(Oc3ccccn3)c2)CC1. The Balaban J connectivity index is 1.46. The molecule has 0 saturated heterocycles. The minimum Gasteiger partial charge on any atom is -0.439 e. The average molecular weight is 367 g/mol. The van der Waals surface area contributed by atoms with Gasteiger partial charge in [0.25, 0.3) is 0 Å². The largest absolute Gasteiger partial charge is 0.439 e. The van der Waals surface area contributed by atoms with Gasteiger partial charge in [-0.1, -0.05) is 44.4 Å². The molecule has 144 valence electrons. The predicted octanol–water partition coefficient (Wildman–Crippen LogP) is 5.49. The summed E-state index contributed by atoms with van der Waals surface area (Å²) in [6, 6.07) is 13.4. The Morgan fingerprint density at radius 1 is 1.15 bits per heavy atom. The van der Waals surface area contributed by atoms with E-state index in [-0.39, 0.29) is 11.8 Å². The zero-order valence-electron chi connectivity index (χ0n) is 16.2. The van der Waals surface area contributed by atoms with Crippen LogP contribution in [0.4, 0.5) is 0 Å². The first-order valence-electron chi connectivity index (χ1n) is 10.2. The zero-order valence-corrected chi connectivity index (χ0v) is 16.2. The molecule has 1 N–H and O–H groups in total. The third-order valence-electron chi connectivity index (χ3n) is 5.41. The molecule has 1 aliphatic rings. The van der Waals surface area contributed by atoms with E-state index in [0.717, 1.165) is 30.1 Å². The van der Waals surface area contributed by atoms with Gasteiger partial charge < -0.3 is 10.1 Å². The number of rotatable bonds is 8. The third-order valence-corrected chi connectivity index (χ3v) is 5.41. The van der Waals surface area contributed by atoms with Crippen LogP contribution in [0.2, 0.25) is 0 Å². The topological polar surface area (TPSA) is 51.2 Å². The van der Waals surface area contributed by atoms with Crippen molar-refractivity contribution >= 4 is 5.91 Å². The fraction of sp³-hybridized carbons (Fsp3) is 0.478. The molecular formula is C23H30N2O2. The van der Waals surface area contributed by atoms with Crippen LogP contribution in [-0.4, -0.2) is 10.9 Å². The number of ether oxygens (including phenoxy) is 1. The van der Waals surface area contributed by atoms with Gasteiger partial charge in [0.15, 0.2) is 0 Å². The summed E-state index contributed by atoms with van der Waals surface area (Å²) in [5.41, 5.74) is 1.04. The average Bonchev–Trinajstić information content (AvgIpc) is 2.72. The maximum atomic E-state index is 12.5. The Kier molecular flexibility index (Phi) is 7.26. The Bertz CT molecular complexity index is 709. The molecule has 4 heteroatoms. The Labute approximate surface area is 162 Å². The van der Waals surface area contributed by atoms with E-state index in [1.165, 1.54) is 32.1 Å². The summed E-state index contributed by atoms with van der Waals surface area (Å²) < 4.78 is 5.76. The lowest BCUT2D eigenvalue weighted by atomic mass is 9.79. The summed E-state index contributed by atoms with van der Waals surface area (Å²) in [5, 5.41) is 3.11. The Morgan fingerprint density at radius 3 is 2.74 bits per heavy atom. The summed E-state index contributed by atoms with van der Waals surface area (Å²) in [6.07, 6.45) is 10.1. The molecule has 0 aliphatic heterocycles. The van der Waals surface area contributed by atoms with Gasteiger partial charge in [0, 0.05) is 24.7 Å². The molecule has 1 aliphatic carbocycles. The lowest BCUT2D eigenvalue weighted by molar-refractivity contribution is -0.126. The molecule has 4 nitrogen and oxygen atoms in total. The second-order valence-electron chi connectivity index (χ2n) is 7.50. The molecule has 1 aromatic carbocycles. The molecule has 0 spiro atoms. The molecule has 0 atom stereocenters. The predicted molar refractivity (Wildman–Crippen MR) is 108 cm³/mol. The van der Waals surface area contributed by atoms with Gasteiger partial charge in [0.05, 0.1) is 0 Å². The summed E-state index contributed by atoms with van der Waals surface area (Å²) in [5.74, 6) is 2.50. The van der Waals surface area contributed by atoms with Crippen LogP contribution < -0.4 is 10.1 Å². The highest BCUT2D eigenvalue weighted by Gasteiger charge is 2.25.